The van der Waals surface area contributed by atoms with Crippen LogP contribution in [0.25, 0.3) is 20.8 Å². The van der Waals surface area contributed by atoms with E-state index in [0.717, 1.165) is 45.7 Å². The van der Waals surface area contributed by atoms with Crippen LogP contribution in [-0.4, -0.2) is 31.4 Å². The van der Waals surface area contributed by atoms with E-state index < -0.39 is 0 Å². The third-order valence-corrected chi connectivity index (χ3v) is 7.46. The van der Waals surface area contributed by atoms with E-state index in [-0.39, 0.29) is 5.91 Å². The van der Waals surface area contributed by atoms with Crippen molar-refractivity contribution in [3.8, 4) is 10.6 Å². The second-order valence-corrected chi connectivity index (χ2v) is 10.1. The molecule has 8 heteroatoms. The zero-order valence-corrected chi connectivity index (χ0v) is 19.8. The van der Waals surface area contributed by atoms with Gasteiger partial charge in [-0.05, 0) is 68.1 Å². The minimum Gasteiger partial charge on any atom is -0.325 e. The Morgan fingerprint density at radius 2 is 2.00 bits per heavy atom. The molecule has 0 saturated heterocycles. The molecular formula is C24H25N5OS2. The number of anilines is 1. The summed E-state index contributed by atoms with van der Waals surface area (Å²) in [5.41, 5.74) is 4.09. The van der Waals surface area contributed by atoms with Crippen LogP contribution in [0.15, 0.2) is 47.6 Å². The number of benzene rings is 2. The van der Waals surface area contributed by atoms with Crippen LogP contribution < -0.4 is 5.32 Å². The summed E-state index contributed by atoms with van der Waals surface area (Å²) in [7, 11) is 0. The topological polar surface area (TPSA) is 72.7 Å². The molecule has 1 fully saturated rings. The van der Waals surface area contributed by atoms with Crippen molar-refractivity contribution in [1.82, 2.24) is 19.7 Å². The Labute approximate surface area is 195 Å². The van der Waals surface area contributed by atoms with Crippen molar-refractivity contribution in [3.05, 3.63) is 53.9 Å². The number of rotatable bonds is 8. The summed E-state index contributed by atoms with van der Waals surface area (Å²) in [6.07, 6.45) is 3.41. The maximum absolute atomic E-state index is 12.5. The van der Waals surface area contributed by atoms with Crippen LogP contribution in [0.1, 0.15) is 43.5 Å². The Balaban J connectivity index is 1.21. The van der Waals surface area contributed by atoms with E-state index in [2.05, 4.69) is 52.1 Å². The maximum Gasteiger partial charge on any atom is 0.234 e. The maximum atomic E-state index is 12.5. The van der Waals surface area contributed by atoms with E-state index >= 15 is 0 Å². The summed E-state index contributed by atoms with van der Waals surface area (Å²) >= 11 is 3.14. The molecule has 0 bridgehead atoms. The molecule has 4 aromatic rings. The molecule has 1 aliphatic carbocycles. The number of nitrogens with one attached hydrogen (secondary N) is 1. The number of hydrogen-bond acceptors (Lipinski definition) is 6. The third-order valence-electron chi connectivity index (χ3n) is 5.43. The fourth-order valence-electron chi connectivity index (χ4n) is 3.66. The third kappa shape index (κ3) is 4.56. The molecule has 0 aliphatic heterocycles. The number of nitrogens with zero attached hydrogens (tertiary/aromatic N) is 4. The van der Waals surface area contributed by atoms with Crippen LogP contribution >= 0.6 is 23.1 Å². The average Bonchev–Trinajstić information content (AvgIpc) is 3.42. The van der Waals surface area contributed by atoms with Gasteiger partial charge in [0.25, 0.3) is 0 Å². The lowest BCUT2D eigenvalue weighted by atomic mass is 10.2. The van der Waals surface area contributed by atoms with E-state index in [9.17, 15) is 4.79 Å². The van der Waals surface area contributed by atoms with Crippen LogP contribution in [0.4, 0.5) is 5.69 Å². The molecule has 164 valence electrons. The van der Waals surface area contributed by atoms with Gasteiger partial charge in [-0.1, -0.05) is 24.8 Å². The Morgan fingerprint density at radius 1 is 1.19 bits per heavy atom. The largest absolute Gasteiger partial charge is 0.325 e. The van der Waals surface area contributed by atoms with Gasteiger partial charge < -0.3 is 9.88 Å². The van der Waals surface area contributed by atoms with Gasteiger partial charge in [0.2, 0.25) is 5.91 Å². The summed E-state index contributed by atoms with van der Waals surface area (Å²) in [4.78, 5) is 17.2. The first-order chi connectivity index (χ1) is 15.6. The van der Waals surface area contributed by atoms with Crippen LogP contribution in [-0.2, 0) is 11.3 Å². The van der Waals surface area contributed by atoms with Crippen molar-refractivity contribution < 1.29 is 4.79 Å². The number of thiazole rings is 1. The zero-order chi connectivity index (χ0) is 22.1. The first-order valence-corrected chi connectivity index (χ1v) is 12.7. The number of aromatic nitrogens is 4. The predicted molar refractivity (Wildman–Crippen MR) is 131 cm³/mol. The fraction of sp³-hybridized carbons (Fsp3) is 0.333. The van der Waals surface area contributed by atoms with Crippen molar-refractivity contribution in [1.29, 1.82) is 0 Å². The first-order valence-electron chi connectivity index (χ1n) is 10.9. The lowest BCUT2D eigenvalue weighted by Gasteiger charge is -2.08. The number of amides is 1. The summed E-state index contributed by atoms with van der Waals surface area (Å²) in [5.74, 6) is 1.90. The fourth-order valence-corrected chi connectivity index (χ4v) is 5.50. The number of carbonyl (C=O) groups is 1. The zero-order valence-electron chi connectivity index (χ0n) is 18.2. The Hall–Kier alpha value is -2.71. The van der Waals surface area contributed by atoms with Crippen molar-refractivity contribution in [2.45, 2.75) is 50.7 Å². The molecule has 1 N–H and O–H groups in total. The smallest absolute Gasteiger partial charge is 0.234 e. The number of hydrogen-bond donors (Lipinski definition) is 1. The number of fused-ring (bicyclic) bond motifs is 1. The number of carbonyl (C=O) groups excluding carboxylic acids is 1. The SMILES string of the molecule is CCCn1c(SCC(=O)Nc2ccc(-c3nc4ccc(C)cc4s3)cc2)nnc1C1CC1. The molecule has 0 unspecified atom stereocenters. The van der Waals surface area contributed by atoms with Crippen LogP contribution in [0.5, 0.6) is 0 Å². The van der Waals surface area contributed by atoms with E-state index in [1.165, 1.54) is 34.9 Å². The van der Waals surface area contributed by atoms with Gasteiger partial charge in [-0.25, -0.2) is 4.98 Å². The molecule has 2 heterocycles. The molecule has 0 radical (unpaired) electrons. The normalized spacial score (nSPS) is 13.6. The van der Waals surface area contributed by atoms with Gasteiger partial charge in [0.05, 0.1) is 16.0 Å². The van der Waals surface area contributed by atoms with E-state index in [1.54, 1.807) is 11.3 Å². The van der Waals surface area contributed by atoms with Gasteiger partial charge in [-0.2, -0.15) is 0 Å². The van der Waals surface area contributed by atoms with Crippen molar-refractivity contribution in [2.24, 2.45) is 0 Å². The molecular weight excluding hydrogens is 438 g/mol. The van der Waals surface area contributed by atoms with E-state index in [4.69, 9.17) is 4.98 Å². The predicted octanol–water partition coefficient (Wildman–Crippen LogP) is 5.88. The Bertz CT molecular complexity index is 1260. The van der Waals surface area contributed by atoms with E-state index in [1.807, 2.05) is 24.3 Å². The summed E-state index contributed by atoms with van der Waals surface area (Å²) in [6.45, 7) is 5.14. The molecule has 1 amide bonds. The molecule has 2 aromatic heterocycles. The van der Waals surface area contributed by atoms with Crippen LogP contribution in [0.2, 0.25) is 0 Å². The Kier molecular flexibility index (Phi) is 5.97. The quantitative estimate of drug-likeness (QED) is 0.330. The minimum absolute atomic E-state index is 0.0442. The highest BCUT2D eigenvalue weighted by molar-refractivity contribution is 7.99. The molecule has 0 spiro atoms. The molecule has 1 saturated carbocycles. The van der Waals surface area contributed by atoms with E-state index in [0.29, 0.717) is 11.7 Å². The van der Waals surface area contributed by atoms with Gasteiger partial charge in [-0.3, -0.25) is 4.79 Å². The number of aryl methyl sites for hydroxylation is 1. The highest BCUT2D eigenvalue weighted by Gasteiger charge is 2.30. The van der Waals surface area contributed by atoms with Crippen molar-refractivity contribution in [3.63, 3.8) is 0 Å². The minimum atomic E-state index is -0.0442. The van der Waals surface area contributed by atoms with Crippen molar-refractivity contribution >= 4 is 44.9 Å². The molecule has 1 aliphatic rings. The molecule has 5 rings (SSSR count). The number of thioether (sulfide) groups is 1. The second kappa shape index (κ2) is 9.03. The lowest BCUT2D eigenvalue weighted by Crippen LogP contribution is -2.14. The highest BCUT2D eigenvalue weighted by atomic mass is 32.2. The first kappa shape index (κ1) is 21.2. The highest BCUT2D eigenvalue weighted by Crippen LogP contribution is 2.40. The van der Waals surface area contributed by atoms with Crippen LogP contribution in [0.3, 0.4) is 0 Å². The molecule has 6 nitrogen and oxygen atoms in total. The summed E-state index contributed by atoms with van der Waals surface area (Å²) in [5, 5.41) is 13.5. The monoisotopic (exact) mass is 463 g/mol. The summed E-state index contributed by atoms with van der Waals surface area (Å²) < 4.78 is 3.37. The van der Waals surface area contributed by atoms with Gasteiger partial charge in [0.15, 0.2) is 5.16 Å². The van der Waals surface area contributed by atoms with Gasteiger partial charge in [-0.15, -0.1) is 21.5 Å². The standard InChI is InChI=1S/C24H25N5OS2/c1-3-12-29-22(16-5-6-16)27-28-24(29)31-14-21(30)25-18-9-7-17(8-10-18)23-26-19-11-4-15(2)13-20(19)32-23/h4,7-11,13,16H,3,5-6,12,14H2,1-2H3,(H,25,30). The summed E-state index contributed by atoms with van der Waals surface area (Å²) in [6, 6.07) is 14.2. The van der Waals surface area contributed by atoms with Gasteiger partial charge in [0.1, 0.15) is 10.8 Å². The van der Waals surface area contributed by atoms with Gasteiger partial charge in [0, 0.05) is 23.7 Å². The van der Waals surface area contributed by atoms with Gasteiger partial charge >= 0.3 is 0 Å². The van der Waals surface area contributed by atoms with Crippen LogP contribution in [0, 0.1) is 6.92 Å². The van der Waals surface area contributed by atoms with Crippen molar-refractivity contribution in [2.75, 3.05) is 11.1 Å². The Morgan fingerprint density at radius 3 is 2.75 bits per heavy atom. The molecule has 2 aromatic carbocycles. The molecule has 32 heavy (non-hydrogen) atoms. The lowest BCUT2D eigenvalue weighted by molar-refractivity contribution is -0.113. The molecule has 0 atom stereocenters. The second-order valence-electron chi connectivity index (χ2n) is 8.17. The average molecular weight is 464 g/mol.